The minimum atomic E-state index is -3.82. The van der Waals surface area contributed by atoms with Crippen LogP contribution in [0.15, 0.2) is 53.4 Å². The summed E-state index contributed by atoms with van der Waals surface area (Å²) in [6.45, 7) is 7.48. The van der Waals surface area contributed by atoms with Crippen LogP contribution < -0.4 is 10.5 Å². The predicted molar refractivity (Wildman–Crippen MR) is 112 cm³/mol. The molecule has 0 aliphatic heterocycles. The second kappa shape index (κ2) is 8.34. The second-order valence-electron chi connectivity index (χ2n) is 7.99. The predicted octanol–water partition coefficient (Wildman–Crippen LogP) is 2.70. The Hall–Kier alpha value is -2.71. The summed E-state index contributed by atoms with van der Waals surface area (Å²) >= 11 is 0. The van der Waals surface area contributed by atoms with E-state index >= 15 is 0 Å². The molecule has 0 fully saturated rings. The van der Waals surface area contributed by atoms with Crippen LogP contribution in [0.25, 0.3) is 0 Å². The van der Waals surface area contributed by atoms with E-state index in [-0.39, 0.29) is 28.3 Å². The van der Waals surface area contributed by atoms with Crippen LogP contribution in [0, 0.1) is 0 Å². The van der Waals surface area contributed by atoms with Gasteiger partial charge >= 0.3 is 0 Å². The molecule has 0 saturated carbocycles. The first-order valence-electron chi connectivity index (χ1n) is 9.12. The first kappa shape index (κ1) is 22.6. The molecule has 0 aliphatic carbocycles. The van der Waals surface area contributed by atoms with Gasteiger partial charge in [-0.15, -0.1) is 0 Å². The van der Waals surface area contributed by atoms with Crippen molar-refractivity contribution in [3.63, 3.8) is 0 Å². The van der Waals surface area contributed by atoms with Crippen molar-refractivity contribution in [2.24, 2.45) is 5.14 Å². The lowest BCUT2D eigenvalue weighted by Crippen LogP contribution is -2.40. The van der Waals surface area contributed by atoms with Crippen LogP contribution in [0.3, 0.4) is 0 Å². The van der Waals surface area contributed by atoms with Crippen molar-refractivity contribution in [2.75, 3.05) is 7.05 Å². The maximum atomic E-state index is 12.8. The monoisotopic (exact) mass is 417 g/mol. The summed E-state index contributed by atoms with van der Waals surface area (Å²) in [4.78, 5) is 26.6. The van der Waals surface area contributed by atoms with Crippen molar-refractivity contribution in [1.82, 2.24) is 10.2 Å². The van der Waals surface area contributed by atoms with Gasteiger partial charge in [-0.1, -0.05) is 12.1 Å². The molecule has 0 aliphatic rings. The summed E-state index contributed by atoms with van der Waals surface area (Å²) in [5, 5.41) is 8.06. The van der Waals surface area contributed by atoms with E-state index in [2.05, 4.69) is 5.32 Å². The zero-order valence-electron chi connectivity index (χ0n) is 17.3. The van der Waals surface area contributed by atoms with Crippen molar-refractivity contribution in [3.8, 4) is 0 Å². The Labute approximate surface area is 172 Å². The van der Waals surface area contributed by atoms with Crippen LogP contribution in [0.5, 0.6) is 0 Å². The standard InChI is InChI=1S/C21H27N3O4S/c1-14(17-7-6-8-18(13-17)29(22,27)28)24(5)20(26)16-11-9-15(10-12-16)19(25)23-21(2,3)4/h6-14H,1-5H3,(H,23,25)(H2,22,27,28). The van der Waals surface area contributed by atoms with E-state index in [1.165, 1.54) is 17.0 Å². The highest BCUT2D eigenvalue weighted by molar-refractivity contribution is 7.89. The summed E-state index contributed by atoms with van der Waals surface area (Å²) in [6.07, 6.45) is 0. The number of nitrogens with one attached hydrogen (secondary N) is 1. The summed E-state index contributed by atoms with van der Waals surface area (Å²) in [5.74, 6) is -0.459. The molecular weight excluding hydrogens is 390 g/mol. The largest absolute Gasteiger partial charge is 0.347 e. The molecule has 29 heavy (non-hydrogen) atoms. The van der Waals surface area contributed by atoms with E-state index in [0.29, 0.717) is 16.7 Å². The summed E-state index contributed by atoms with van der Waals surface area (Å²) < 4.78 is 23.1. The van der Waals surface area contributed by atoms with Gasteiger partial charge in [0.15, 0.2) is 0 Å². The summed E-state index contributed by atoms with van der Waals surface area (Å²) in [7, 11) is -2.19. The van der Waals surface area contributed by atoms with E-state index < -0.39 is 10.0 Å². The Morgan fingerprint density at radius 1 is 1.03 bits per heavy atom. The van der Waals surface area contributed by atoms with Crippen molar-refractivity contribution in [2.45, 2.75) is 44.2 Å². The van der Waals surface area contributed by atoms with E-state index in [0.717, 1.165) is 0 Å². The lowest BCUT2D eigenvalue weighted by Gasteiger charge is -2.26. The lowest BCUT2D eigenvalue weighted by molar-refractivity contribution is 0.0741. The number of nitrogens with zero attached hydrogens (tertiary/aromatic N) is 1. The molecule has 0 spiro atoms. The highest BCUT2D eigenvalue weighted by atomic mass is 32.2. The van der Waals surface area contributed by atoms with Crippen molar-refractivity contribution >= 4 is 21.8 Å². The molecule has 2 aromatic rings. The second-order valence-corrected chi connectivity index (χ2v) is 9.55. The minimum Gasteiger partial charge on any atom is -0.347 e. The maximum Gasteiger partial charge on any atom is 0.254 e. The Morgan fingerprint density at radius 3 is 2.10 bits per heavy atom. The molecule has 0 bridgehead atoms. The molecule has 156 valence electrons. The normalized spacial score (nSPS) is 12.9. The van der Waals surface area contributed by atoms with Gasteiger partial charge in [-0.25, -0.2) is 13.6 Å². The highest BCUT2D eigenvalue weighted by Crippen LogP contribution is 2.23. The SMILES string of the molecule is CC(c1cccc(S(N)(=O)=O)c1)N(C)C(=O)c1ccc(C(=O)NC(C)(C)C)cc1. The topological polar surface area (TPSA) is 110 Å². The summed E-state index contributed by atoms with van der Waals surface area (Å²) in [5.41, 5.74) is 1.18. The average molecular weight is 418 g/mol. The van der Waals surface area contributed by atoms with Crippen LogP contribution in [-0.2, 0) is 10.0 Å². The van der Waals surface area contributed by atoms with Crippen molar-refractivity contribution in [1.29, 1.82) is 0 Å². The van der Waals surface area contributed by atoms with E-state index in [9.17, 15) is 18.0 Å². The maximum absolute atomic E-state index is 12.8. The lowest BCUT2D eigenvalue weighted by atomic mass is 10.0. The molecule has 3 N–H and O–H groups in total. The molecule has 2 aromatic carbocycles. The number of nitrogens with two attached hydrogens (primary N) is 1. The number of carbonyl (C=O) groups excluding carboxylic acids is 2. The van der Waals surface area contributed by atoms with Gasteiger partial charge in [0.05, 0.1) is 10.9 Å². The van der Waals surface area contributed by atoms with Gasteiger partial charge in [0, 0.05) is 23.7 Å². The molecule has 1 atom stereocenters. The van der Waals surface area contributed by atoms with Crippen LogP contribution in [0.2, 0.25) is 0 Å². The third-order valence-electron chi connectivity index (χ3n) is 4.45. The van der Waals surface area contributed by atoms with Gasteiger partial charge in [0.1, 0.15) is 0 Å². The number of carbonyl (C=O) groups is 2. The number of sulfonamides is 1. The molecule has 0 radical (unpaired) electrons. The fourth-order valence-electron chi connectivity index (χ4n) is 2.73. The van der Waals surface area contributed by atoms with Gasteiger partial charge in [-0.05, 0) is 69.7 Å². The minimum absolute atomic E-state index is 0.00286. The zero-order valence-corrected chi connectivity index (χ0v) is 18.1. The van der Waals surface area contributed by atoms with Gasteiger partial charge in [-0.3, -0.25) is 9.59 Å². The molecule has 1 unspecified atom stereocenters. The first-order valence-corrected chi connectivity index (χ1v) is 10.7. The number of benzene rings is 2. The van der Waals surface area contributed by atoms with Crippen LogP contribution in [0.4, 0.5) is 0 Å². The molecule has 7 nitrogen and oxygen atoms in total. The number of hydrogen-bond donors (Lipinski definition) is 2. The first-order chi connectivity index (χ1) is 13.3. The third kappa shape index (κ3) is 5.88. The Kier molecular flexibility index (Phi) is 6.50. The van der Waals surface area contributed by atoms with E-state index in [1.54, 1.807) is 50.4 Å². The number of amides is 2. The smallest absolute Gasteiger partial charge is 0.254 e. The number of rotatable bonds is 5. The van der Waals surface area contributed by atoms with E-state index in [1.807, 2.05) is 20.8 Å². The number of hydrogen-bond acceptors (Lipinski definition) is 4. The zero-order chi connectivity index (χ0) is 22.0. The van der Waals surface area contributed by atoms with E-state index in [4.69, 9.17) is 5.14 Å². The molecule has 0 heterocycles. The number of primary sulfonamides is 1. The summed E-state index contributed by atoms with van der Waals surface area (Å²) in [6, 6.07) is 12.2. The van der Waals surface area contributed by atoms with Gasteiger partial charge in [0.2, 0.25) is 10.0 Å². The molecule has 0 saturated heterocycles. The molecular formula is C21H27N3O4S. The van der Waals surface area contributed by atoms with Crippen LogP contribution >= 0.6 is 0 Å². The average Bonchev–Trinajstić information content (AvgIpc) is 2.64. The van der Waals surface area contributed by atoms with Crippen molar-refractivity contribution < 1.29 is 18.0 Å². The fourth-order valence-corrected chi connectivity index (χ4v) is 3.30. The molecule has 8 heteroatoms. The molecule has 0 aromatic heterocycles. The van der Waals surface area contributed by atoms with Crippen LogP contribution in [0.1, 0.15) is 60.0 Å². The van der Waals surface area contributed by atoms with Gasteiger partial charge < -0.3 is 10.2 Å². The van der Waals surface area contributed by atoms with Crippen LogP contribution in [-0.4, -0.2) is 37.7 Å². The molecule has 2 amide bonds. The third-order valence-corrected chi connectivity index (χ3v) is 5.36. The van der Waals surface area contributed by atoms with Gasteiger partial charge in [0.25, 0.3) is 11.8 Å². The highest BCUT2D eigenvalue weighted by Gasteiger charge is 2.21. The fraction of sp³-hybridized carbons (Fsp3) is 0.333. The Morgan fingerprint density at radius 2 is 1.59 bits per heavy atom. The Balaban J connectivity index is 2.18. The Bertz CT molecular complexity index is 1010. The van der Waals surface area contributed by atoms with Gasteiger partial charge in [-0.2, -0.15) is 0 Å². The molecule has 2 rings (SSSR count). The quantitative estimate of drug-likeness (QED) is 0.779. The van der Waals surface area contributed by atoms with Crippen molar-refractivity contribution in [3.05, 3.63) is 65.2 Å².